The first-order chi connectivity index (χ1) is 32.2. The Labute approximate surface area is 405 Å². The van der Waals surface area contributed by atoms with Crippen molar-refractivity contribution in [3.63, 3.8) is 0 Å². The number of rotatable bonds is 8. The van der Waals surface area contributed by atoms with Crippen molar-refractivity contribution < 1.29 is 16.8 Å². The highest BCUT2D eigenvalue weighted by atomic mass is 35.5. The number of halogens is 3. The van der Waals surface area contributed by atoms with E-state index in [1.54, 1.807) is 91.3 Å². The van der Waals surface area contributed by atoms with Gasteiger partial charge in [0.2, 0.25) is 5.28 Å². The summed E-state index contributed by atoms with van der Waals surface area (Å²) in [6.07, 6.45) is 15.7. The Morgan fingerprint density at radius 2 is 0.970 bits per heavy atom. The van der Waals surface area contributed by atoms with Gasteiger partial charge in [-0.1, -0.05) is 109 Å². The summed E-state index contributed by atoms with van der Waals surface area (Å²) in [5.41, 5.74) is 20.7. The SMILES string of the molecule is NC1CCCC(Cc2ncc(Cl)c(-c3cn(S(=O)(=O)c4ccccc4)c4ccccc34)n2)C1.NC1CCCC(N)C1.O=S(=O)(c1ccccc1)n1cc(-c2nc(Cl)ncc2Cl)c2ccccc21. The van der Waals surface area contributed by atoms with Crippen molar-refractivity contribution >= 4 is 76.7 Å². The molecule has 0 spiro atoms. The number of hydrogen-bond donors (Lipinski definition) is 3. The molecule has 0 bridgehead atoms. The smallest absolute Gasteiger partial charge is 0.268 e. The topological polar surface area (TPSA) is 208 Å². The quantitative estimate of drug-likeness (QED) is 0.122. The molecule has 0 amide bonds. The molecule has 4 atom stereocenters. The highest BCUT2D eigenvalue weighted by Gasteiger charge is 2.26. The summed E-state index contributed by atoms with van der Waals surface area (Å²) < 4.78 is 55.6. The number of fused-ring (bicyclic) bond motifs is 2. The van der Waals surface area contributed by atoms with Crippen molar-refractivity contribution in [1.29, 1.82) is 0 Å². The van der Waals surface area contributed by atoms with Gasteiger partial charge >= 0.3 is 0 Å². The summed E-state index contributed by atoms with van der Waals surface area (Å²) in [4.78, 5) is 17.7. The van der Waals surface area contributed by atoms with E-state index in [9.17, 15) is 16.8 Å². The second-order valence-corrected chi connectivity index (χ2v) is 21.6. The Bertz CT molecular complexity index is 3220. The lowest BCUT2D eigenvalue weighted by Crippen LogP contribution is -2.35. The van der Waals surface area contributed by atoms with Crippen LogP contribution in [0.3, 0.4) is 0 Å². The van der Waals surface area contributed by atoms with Gasteiger partial charge in [-0.2, -0.15) is 0 Å². The molecule has 4 aromatic heterocycles. The van der Waals surface area contributed by atoms with Gasteiger partial charge in [-0.15, -0.1) is 0 Å². The summed E-state index contributed by atoms with van der Waals surface area (Å²) in [6, 6.07) is 32.2. The zero-order valence-corrected chi connectivity index (χ0v) is 40.3. The maximum absolute atomic E-state index is 13.4. The number of nitrogens with two attached hydrogens (primary N) is 3. The van der Waals surface area contributed by atoms with Crippen LogP contribution in [-0.4, -0.2) is 62.8 Å². The minimum absolute atomic E-state index is 0.0344. The summed E-state index contributed by atoms with van der Waals surface area (Å²) in [7, 11) is -7.57. The molecule has 4 aromatic carbocycles. The lowest BCUT2D eigenvalue weighted by Gasteiger charge is -2.26. The molecule has 348 valence electrons. The normalized spacial score (nSPS) is 18.7. The third kappa shape index (κ3) is 10.9. The van der Waals surface area contributed by atoms with Crippen LogP contribution in [0, 0.1) is 5.92 Å². The molecule has 4 unspecified atom stereocenters. The lowest BCUT2D eigenvalue weighted by atomic mass is 9.84. The molecule has 10 rings (SSSR count). The van der Waals surface area contributed by atoms with Crippen LogP contribution in [0.15, 0.2) is 144 Å². The van der Waals surface area contributed by atoms with Crippen LogP contribution in [0.1, 0.15) is 57.2 Å². The van der Waals surface area contributed by atoms with E-state index in [4.69, 9.17) is 57.0 Å². The average molecular weight is 999 g/mol. The van der Waals surface area contributed by atoms with Gasteiger partial charge in [-0.05, 0) is 92.4 Å². The molecule has 2 fully saturated rings. The first kappa shape index (κ1) is 48.2. The van der Waals surface area contributed by atoms with E-state index >= 15 is 0 Å². The molecular formula is C49H50Cl3N9O4S2. The molecule has 2 aliphatic rings. The molecule has 2 saturated carbocycles. The van der Waals surface area contributed by atoms with E-state index in [1.807, 2.05) is 30.3 Å². The number of aromatic nitrogens is 6. The van der Waals surface area contributed by atoms with Gasteiger partial charge < -0.3 is 17.2 Å². The van der Waals surface area contributed by atoms with E-state index < -0.39 is 20.0 Å². The zero-order chi connectivity index (χ0) is 47.3. The number of nitrogens with zero attached hydrogens (tertiary/aromatic N) is 6. The van der Waals surface area contributed by atoms with Crippen LogP contribution >= 0.6 is 34.8 Å². The van der Waals surface area contributed by atoms with Crippen molar-refractivity contribution in [3.8, 4) is 22.5 Å². The van der Waals surface area contributed by atoms with Gasteiger partial charge in [-0.3, -0.25) is 0 Å². The first-order valence-corrected chi connectivity index (χ1v) is 26.0. The summed E-state index contributed by atoms with van der Waals surface area (Å²) in [6.45, 7) is 0. The number of para-hydroxylation sites is 2. The maximum atomic E-state index is 13.4. The first-order valence-electron chi connectivity index (χ1n) is 22.0. The predicted molar refractivity (Wildman–Crippen MR) is 267 cm³/mol. The fraction of sp³-hybridized carbons (Fsp3) is 0.265. The van der Waals surface area contributed by atoms with Crippen LogP contribution < -0.4 is 17.2 Å². The minimum Gasteiger partial charge on any atom is -0.328 e. The molecular weight excluding hydrogens is 949 g/mol. The molecule has 0 aliphatic heterocycles. The Balaban J connectivity index is 0.000000159. The Morgan fingerprint density at radius 1 is 0.537 bits per heavy atom. The Morgan fingerprint density at radius 3 is 1.45 bits per heavy atom. The number of hydrogen-bond acceptors (Lipinski definition) is 11. The molecule has 18 heteroatoms. The summed E-state index contributed by atoms with van der Waals surface area (Å²) in [5, 5.41) is 2.17. The molecule has 13 nitrogen and oxygen atoms in total. The van der Waals surface area contributed by atoms with Crippen LogP contribution in [0.25, 0.3) is 44.3 Å². The second kappa shape index (κ2) is 21.0. The van der Waals surface area contributed by atoms with Crippen LogP contribution in [0.2, 0.25) is 15.3 Å². The molecule has 0 radical (unpaired) electrons. The van der Waals surface area contributed by atoms with Gasteiger partial charge in [0.25, 0.3) is 20.0 Å². The van der Waals surface area contributed by atoms with Crippen molar-refractivity contribution in [2.24, 2.45) is 23.1 Å². The van der Waals surface area contributed by atoms with Gasteiger partial charge in [0.1, 0.15) is 5.82 Å². The average Bonchev–Trinajstić information content (AvgIpc) is 3.92. The highest BCUT2D eigenvalue weighted by Crippen LogP contribution is 2.37. The standard InChI is InChI=1S/C25H25ClN4O2S.C18H11Cl2N3O2S.C6H14N2/c26-22-15-28-24(14-17-7-6-8-18(27)13-17)29-25(22)21-16-30(23-12-5-4-11-20(21)23)33(31,32)19-9-2-1-3-10-19;19-15-10-21-18(20)22-17(15)14-11-23(16-9-5-4-8-13(14)16)26(24,25)12-6-2-1-3-7-12;7-5-2-1-3-6(8)4-5/h1-5,9-12,15-18H,6-8,13-14,27H2;1-11H;5-6H,1-4,7-8H2. The Hall–Kier alpha value is -5.23. The van der Waals surface area contributed by atoms with E-state index in [0.29, 0.717) is 67.8 Å². The molecule has 67 heavy (non-hydrogen) atoms. The van der Waals surface area contributed by atoms with Crippen molar-refractivity contribution in [2.45, 2.75) is 85.7 Å². The van der Waals surface area contributed by atoms with Gasteiger partial charge in [0.15, 0.2) is 0 Å². The van der Waals surface area contributed by atoms with Gasteiger partial charge in [-0.25, -0.2) is 44.7 Å². The monoisotopic (exact) mass is 997 g/mol. The van der Waals surface area contributed by atoms with Crippen molar-refractivity contribution in [2.75, 3.05) is 0 Å². The molecule has 4 heterocycles. The molecule has 6 N–H and O–H groups in total. The van der Waals surface area contributed by atoms with Crippen LogP contribution in [0.5, 0.6) is 0 Å². The van der Waals surface area contributed by atoms with Gasteiger partial charge in [0, 0.05) is 65.0 Å². The van der Waals surface area contributed by atoms with Crippen molar-refractivity contribution in [1.82, 2.24) is 27.9 Å². The maximum Gasteiger partial charge on any atom is 0.268 e. The third-order valence-corrected chi connectivity index (χ3v) is 16.1. The number of benzene rings is 4. The molecule has 2 aliphatic carbocycles. The van der Waals surface area contributed by atoms with Crippen LogP contribution in [0.4, 0.5) is 0 Å². The molecule has 8 aromatic rings. The largest absolute Gasteiger partial charge is 0.328 e. The summed E-state index contributed by atoms with van der Waals surface area (Å²) in [5.74, 6) is 1.15. The Kier molecular flexibility index (Phi) is 15.1. The van der Waals surface area contributed by atoms with E-state index in [0.717, 1.165) is 43.9 Å². The summed E-state index contributed by atoms with van der Waals surface area (Å²) >= 11 is 18.7. The van der Waals surface area contributed by atoms with Gasteiger partial charge in [0.05, 0.1) is 48.5 Å². The zero-order valence-electron chi connectivity index (χ0n) is 36.4. The highest BCUT2D eigenvalue weighted by molar-refractivity contribution is 7.90. The fourth-order valence-corrected chi connectivity index (χ4v) is 12.1. The van der Waals surface area contributed by atoms with E-state index in [2.05, 4.69) is 15.0 Å². The van der Waals surface area contributed by atoms with E-state index in [-0.39, 0.29) is 26.1 Å². The third-order valence-electron chi connectivity index (χ3n) is 12.0. The lowest BCUT2D eigenvalue weighted by molar-refractivity contribution is 0.317. The van der Waals surface area contributed by atoms with Crippen LogP contribution in [-0.2, 0) is 26.5 Å². The van der Waals surface area contributed by atoms with Crippen molar-refractivity contribution in [3.05, 3.63) is 155 Å². The predicted octanol–water partition coefficient (Wildman–Crippen LogP) is 9.91. The second-order valence-electron chi connectivity index (χ2n) is 16.8. The van der Waals surface area contributed by atoms with E-state index in [1.165, 1.54) is 39.6 Å². The minimum atomic E-state index is -3.79. The molecule has 0 saturated heterocycles. The fourth-order valence-electron chi connectivity index (χ4n) is 8.76.